The molecule has 37 heavy (non-hydrogen) atoms. The van der Waals surface area contributed by atoms with Crippen LogP contribution in [0.4, 0.5) is 0 Å². The molecule has 0 unspecified atom stereocenters. The fourth-order valence-electron chi connectivity index (χ4n) is 3.66. The summed E-state index contributed by atoms with van der Waals surface area (Å²) >= 11 is 0. The number of hydrogen-bond donors (Lipinski definition) is 7. The first kappa shape index (κ1) is 31.5. The van der Waals surface area contributed by atoms with Crippen LogP contribution in [0.3, 0.4) is 0 Å². The van der Waals surface area contributed by atoms with Gasteiger partial charge in [-0.3, -0.25) is 24.0 Å². The Bertz CT molecular complexity index is 897. The Balaban J connectivity index is 3.07. The Morgan fingerprint density at radius 2 is 1.38 bits per heavy atom. The summed E-state index contributed by atoms with van der Waals surface area (Å²) in [4.78, 5) is 61.9. The molecule has 0 bridgehead atoms. The molecule has 4 atom stereocenters. The SMILES string of the molecule is CCC[C@H](N)C(=O)N[C@@H](Cc1ccccc1)C(=O)N[C@@H](CCCCN)C(=O)N[C@@H](CCC(N)=O)C(N)=O. The van der Waals surface area contributed by atoms with Crippen molar-refractivity contribution in [3.8, 4) is 0 Å². The molecular weight excluding hydrogens is 478 g/mol. The Morgan fingerprint density at radius 1 is 0.784 bits per heavy atom. The molecule has 1 rings (SSSR count). The van der Waals surface area contributed by atoms with Gasteiger partial charge in [0.2, 0.25) is 29.5 Å². The quantitative estimate of drug-likeness (QED) is 0.116. The molecule has 0 heterocycles. The first-order valence-electron chi connectivity index (χ1n) is 12.6. The fourth-order valence-corrected chi connectivity index (χ4v) is 3.66. The highest BCUT2D eigenvalue weighted by atomic mass is 16.2. The first-order valence-corrected chi connectivity index (χ1v) is 12.6. The smallest absolute Gasteiger partial charge is 0.243 e. The number of unbranched alkanes of at least 4 members (excludes halogenated alkanes) is 1. The van der Waals surface area contributed by atoms with Crippen molar-refractivity contribution in [1.29, 1.82) is 0 Å². The van der Waals surface area contributed by atoms with E-state index in [-0.39, 0.29) is 25.7 Å². The fraction of sp³-hybridized carbons (Fsp3) is 0.560. The van der Waals surface area contributed by atoms with Crippen LogP contribution < -0.4 is 38.9 Å². The van der Waals surface area contributed by atoms with Gasteiger partial charge in [-0.2, -0.15) is 0 Å². The average molecular weight is 520 g/mol. The van der Waals surface area contributed by atoms with Crippen molar-refractivity contribution in [3.63, 3.8) is 0 Å². The largest absolute Gasteiger partial charge is 0.370 e. The van der Waals surface area contributed by atoms with E-state index >= 15 is 0 Å². The third kappa shape index (κ3) is 12.3. The van der Waals surface area contributed by atoms with Gasteiger partial charge in [-0.25, -0.2) is 0 Å². The van der Waals surface area contributed by atoms with E-state index in [4.69, 9.17) is 22.9 Å². The number of nitrogens with one attached hydrogen (secondary N) is 3. The zero-order chi connectivity index (χ0) is 27.8. The molecule has 0 radical (unpaired) electrons. The maximum atomic E-state index is 13.3. The number of hydrogen-bond acceptors (Lipinski definition) is 7. The van der Waals surface area contributed by atoms with Crippen LogP contribution in [0.15, 0.2) is 30.3 Å². The minimum Gasteiger partial charge on any atom is -0.370 e. The Labute approximate surface area is 217 Å². The molecule has 1 aromatic carbocycles. The number of nitrogens with two attached hydrogens (primary N) is 4. The van der Waals surface area contributed by atoms with Gasteiger partial charge >= 0.3 is 0 Å². The number of benzene rings is 1. The van der Waals surface area contributed by atoms with Gasteiger partial charge in [0.15, 0.2) is 0 Å². The van der Waals surface area contributed by atoms with Gasteiger partial charge in [0.1, 0.15) is 18.1 Å². The lowest BCUT2D eigenvalue weighted by molar-refractivity contribution is -0.133. The van der Waals surface area contributed by atoms with E-state index in [1.54, 1.807) is 0 Å². The predicted molar refractivity (Wildman–Crippen MR) is 139 cm³/mol. The van der Waals surface area contributed by atoms with Gasteiger partial charge in [0.05, 0.1) is 6.04 Å². The number of carbonyl (C=O) groups excluding carboxylic acids is 5. The lowest BCUT2D eigenvalue weighted by atomic mass is 10.0. The van der Waals surface area contributed by atoms with E-state index < -0.39 is 53.7 Å². The molecule has 0 spiro atoms. The number of rotatable bonds is 18. The van der Waals surface area contributed by atoms with Crippen molar-refractivity contribution < 1.29 is 24.0 Å². The normalized spacial score (nSPS) is 14.0. The van der Waals surface area contributed by atoms with Crippen LogP contribution >= 0.6 is 0 Å². The van der Waals surface area contributed by atoms with Crippen molar-refractivity contribution in [1.82, 2.24) is 16.0 Å². The highest BCUT2D eigenvalue weighted by Gasteiger charge is 2.30. The maximum Gasteiger partial charge on any atom is 0.243 e. The molecule has 0 saturated heterocycles. The molecule has 0 fully saturated rings. The number of carbonyl (C=O) groups is 5. The summed E-state index contributed by atoms with van der Waals surface area (Å²) in [5.41, 5.74) is 22.8. The molecule has 0 aliphatic heterocycles. The lowest BCUT2D eigenvalue weighted by Gasteiger charge is -2.25. The van der Waals surface area contributed by atoms with Crippen molar-refractivity contribution in [2.75, 3.05) is 6.54 Å². The lowest BCUT2D eigenvalue weighted by Crippen LogP contribution is -2.58. The third-order valence-corrected chi connectivity index (χ3v) is 5.77. The zero-order valence-electron chi connectivity index (χ0n) is 21.4. The van der Waals surface area contributed by atoms with Crippen LogP contribution in [0.5, 0.6) is 0 Å². The molecular formula is C25H41N7O5. The molecule has 0 aromatic heterocycles. The van der Waals surface area contributed by atoms with Crippen molar-refractivity contribution in [2.45, 2.75) is 82.5 Å². The molecule has 11 N–H and O–H groups in total. The van der Waals surface area contributed by atoms with Crippen LogP contribution in [-0.2, 0) is 30.4 Å². The Morgan fingerprint density at radius 3 is 1.95 bits per heavy atom. The van der Waals surface area contributed by atoms with Crippen LogP contribution in [0.2, 0.25) is 0 Å². The highest BCUT2D eigenvalue weighted by Crippen LogP contribution is 2.08. The predicted octanol–water partition coefficient (Wildman–Crippen LogP) is -1.31. The van der Waals surface area contributed by atoms with E-state index in [1.807, 2.05) is 37.3 Å². The molecule has 12 heteroatoms. The standard InChI is InChI=1S/C25H41N7O5/c1-2-8-17(27)23(35)32-20(15-16-9-4-3-5-10-16)25(37)31-19(11-6-7-14-26)24(36)30-18(22(29)34)12-13-21(28)33/h3-5,9-10,17-20H,2,6-8,11-15,26-27H2,1H3,(H2,28,33)(H2,29,34)(H,30,36)(H,31,37)(H,32,35)/t17-,18-,19-,20-/m0/s1. The van der Waals surface area contributed by atoms with Gasteiger partial charge in [0, 0.05) is 12.8 Å². The van der Waals surface area contributed by atoms with Crippen molar-refractivity contribution in [2.24, 2.45) is 22.9 Å². The second kappa shape index (κ2) is 17.0. The Hall–Kier alpha value is -3.51. The molecule has 0 aliphatic rings. The molecule has 0 aliphatic carbocycles. The summed E-state index contributed by atoms with van der Waals surface area (Å²) in [6.07, 6.45) is 2.47. The number of amides is 5. The second-order valence-corrected chi connectivity index (χ2v) is 8.96. The second-order valence-electron chi connectivity index (χ2n) is 8.96. The maximum absolute atomic E-state index is 13.3. The van der Waals surface area contributed by atoms with Crippen LogP contribution in [0.1, 0.15) is 57.4 Å². The van der Waals surface area contributed by atoms with Crippen LogP contribution in [-0.4, -0.2) is 60.2 Å². The van der Waals surface area contributed by atoms with E-state index in [0.29, 0.717) is 32.2 Å². The minimum atomic E-state index is -1.14. The van der Waals surface area contributed by atoms with E-state index in [0.717, 1.165) is 5.56 Å². The molecule has 1 aromatic rings. The van der Waals surface area contributed by atoms with Gasteiger partial charge < -0.3 is 38.9 Å². The van der Waals surface area contributed by atoms with Gasteiger partial charge in [0.25, 0.3) is 0 Å². The molecule has 0 saturated carbocycles. The van der Waals surface area contributed by atoms with Gasteiger partial charge in [-0.05, 0) is 44.2 Å². The zero-order valence-corrected chi connectivity index (χ0v) is 21.4. The summed E-state index contributed by atoms with van der Waals surface area (Å²) in [5.74, 6) is -3.18. The third-order valence-electron chi connectivity index (χ3n) is 5.77. The van der Waals surface area contributed by atoms with E-state index in [9.17, 15) is 24.0 Å². The topological polar surface area (TPSA) is 226 Å². The summed E-state index contributed by atoms with van der Waals surface area (Å²) in [6.45, 7) is 2.29. The minimum absolute atomic E-state index is 0.0676. The average Bonchev–Trinajstić information content (AvgIpc) is 2.85. The van der Waals surface area contributed by atoms with Crippen molar-refractivity contribution >= 4 is 29.5 Å². The van der Waals surface area contributed by atoms with Gasteiger partial charge in [-0.1, -0.05) is 43.7 Å². The van der Waals surface area contributed by atoms with E-state index in [2.05, 4.69) is 16.0 Å². The van der Waals surface area contributed by atoms with Crippen molar-refractivity contribution in [3.05, 3.63) is 35.9 Å². The van der Waals surface area contributed by atoms with Gasteiger partial charge in [-0.15, -0.1) is 0 Å². The molecule has 5 amide bonds. The van der Waals surface area contributed by atoms with Crippen LogP contribution in [0.25, 0.3) is 0 Å². The van der Waals surface area contributed by atoms with E-state index in [1.165, 1.54) is 0 Å². The molecule has 12 nitrogen and oxygen atoms in total. The molecule has 206 valence electrons. The summed E-state index contributed by atoms with van der Waals surface area (Å²) < 4.78 is 0. The summed E-state index contributed by atoms with van der Waals surface area (Å²) in [5, 5.41) is 7.88. The highest BCUT2D eigenvalue weighted by molar-refractivity contribution is 5.94. The first-order chi connectivity index (χ1) is 17.6. The number of primary amides is 2. The Kier molecular flexibility index (Phi) is 14.5. The summed E-state index contributed by atoms with van der Waals surface area (Å²) in [6, 6.07) is 5.15. The monoisotopic (exact) mass is 519 g/mol. The summed E-state index contributed by atoms with van der Waals surface area (Å²) in [7, 11) is 0. The van der Waals surface area contributed by atoms with Crippen LogP contribution in [0, 0.1) is 0 Å².